The van der Waals surface area contributed by atoms with E-state index in [1.54, 1.807) is 12.1 Å². The fourth-order valence-corrected chi connectivity index (χ4v) is 5.94. The summed E-state index contributed by atoms with van der Waals surface area (Å²) in [7, 11) is 0. The number of alkyl halides is 2. The molecule has 0 spiro atoms. The molecule has 4 rings (SSSR count). The lowest BCUT2D eigenvalue weighted by Gasteiger charge is -2.31. The lowest BCUT2D eigenvalue weighted by atomic mass is 9.81. The lowest BCUT2D eigenvalue weighted by molar-refractivity contribution is -0.384. The smallest absolute Gasteiger partial charge is 0.272 e. The summed E-state index contributed by atoms with van der Waals surface area (Å²) in [6, 6.07) is 9.68. The molecule has 3 amide bonds. The molecule has 2 aromatic carbocycles. The molecule has 12 heteroatoms. The van der Waals surface area contributed by atoms with Crippen LogP contribution in [0, 0.1) is 22.0 Å². The number of halogens is 4. The number of nitro groups is 1. The molecule has 0 bridgehead atoms. The van der Waals surface area contributed by atoms with Gasteiger partial charge in [-0.3, -0.25) is 24.5 Å². The minimum atomic E-state index is -0.660. The first kappa shape index (κ1) is 25.1. The molecule has 0 aromatic heterocycles. The van der Waals surface area contributed by atoms with E-state index < -0.39 is 34.5 Å². The summed E-state index contributed by atoms with van der Waals surface area (Å²) in [5, 5.41) is 13.6. The Kier molecular flexibility index (Phi) is 7.33. The Hall–Kier alpha value is -2.01. The van der Waals surface area contributed by atoms with Crippen molar-refractivity contribution in [3.8, 4) is 0 Å². The first-order valence-corrected chi connectivity index (χ1v) is 12.8. The Bertz CT molecular complexity index is 1150. The minimum absolute atomic E-state index is 0.00924. The molecule has 0 N–H and O–H groups in total. The van der Waals surface area contributed by atoms with Crippen molar-refractivity contribution in [2.45, 2.75) is 29.0 Å². The summed E-state index contributed by atoms with van der Waals surface area (Å²) in [6.07, 6.45) is 0.895. The Labute approximate surface area is 221 Å². The van der Waals surface area contributed by atoms with Gasteiger partial charge < -0.3 is 0 Å². The number of nitro benzene ring substituents is 1. The van der Waals surface area contributed by atoms with E-state index in [4.69, 9.17) is 23.2 Å². The maximum absolute atomic E-state index is 13.5. The Morgan fingerprint density at radius 3 is 2.09 bits per heavy atom. The van der Waals surface area contributed by atoms with Gasteiger partial charge in [-0.2, -0.15) is 5.01 Å². The van der Waals surface area contributed by atoms with Crippen molar-refractivity contribution < 1.29 is 19.3 Å². The number of fused-ring (bicyclic) bond motifs is 1. The average molecular weight is 634 g/mol. The van der Waals surface area contributed by atoms with Crippen LogP contribution in [0.4, 0.5) is 5.69 Å². The number of hydrazine groups is 1. The lowest BCUT2D eigenvalue weighted by Crippen LogP contribution is -2.49. The topological polar surface area (TPSA) is 101 Å². The summed E-state index contributed by atoms with van der Waals surface area (Å²) in [5.41, 5.74) is 0.381. The van der Waals surface area contributed by atoms with Gasteiger partial charge in [0.05, 0.1) is 23.3 Å². The van der Waals surface area contributed by atoms with Gasteiger partial charge in [0.1, 0.15) is 0 Å². The maximum Gasteiger partial charge on any atom is 0.273 e. The number of rotatable bonds is 5. The monoisotopic (exact) mass is 631 g/mol. The molecule has 2 aromatic rings. The van der Waals surface area contributed by atoms with E-state index >= 15 is 0 Å². The highest BCUT2D eigenvalue weighted by atomic mass is 79.9. The second kappa shape index (κ2) is 9.93. The zero-order valence-corrected chi connectivity index (χ0v) is 22.1. The number of hydrogen-bond acceptors (Lipinski definition) is 5. The van der Waals surface area contributed by atoms with Gasteiger partial charge in [0.2, 0.25) is 0 Å². The molecular weight excluding hydrogens is 617 g/mol. The Morgan fingerprint density at radius 2 is 1.59 bits per heavy atom. The normalized spacial score (nSPS) is 24.2. The third-order valence-electron chi connectivity index (χ3n) is 6.02. The van der Waals surface area contributed by atoms with Crippen molar-refractivity contribution in [1.82, 2.24) is 10.0 Å². The van der Waals surface area contributed by atoms with E-state index in [0.29, 0.717) is 23.4 Å². The molecule has 0 unspecified atom stereocenters. The number of non-ortho nitro benzene ring substituents is 1. The molecule has 34 heavy (non-hydrogen) atoms. The fourth-order valence-electron chi connectivity index (χ4n) is 4.23. The van der Waals surface area contributed by atoms with Gasteiger partial charge in [0, 0.05) is 37.4 Å². The number of amides is 3. The van der Waals surface area contributed by atoms with Crippen molar-refractivity contribution in [3.63, 3.8) is 0 Å². The summed E-state index contributed by atoms with van der Waals surface area (Å²) >= 11 is 19.4. The van der Waals surface area contributed by atoms with E-state index in [1.165, 1.54) is 30.3 Å². The van der Waals surface area contributed by atoms with Gasteiger partial charge in [0.15, 0.2) is 0 Å². The third kappa shape index (κ3) is 4.73. The van der Waals surface area contributed by atoms with Gasteiger partial charge in [-0.15, -0.1) is 0 Å². The van der Waals surface area contributed by atoms with Crippen LogP contribution in [0.5, 0.6) is 0 Å². The zero-order valence-electron chi connectivity index (χ0n) is 17.4. The highest BCUT2D eigenvalue weighted by molar-refractivity contribution is 9.12. The van der Waals surface area contributed by atoms with Crippen molar-refractivity contribution in [2.24, 2.45) is 11.8 Å². The summed E-state index contributed by atoms with van der Waals surface area (Å²) in [4.78, 5) is 50.7. The summed E-state index contributed by atoms with van der Waals surface area (Å²) in [6.45, 7) is -0.168. The molecule has 8 nitrogen and oxygen atoms in total. The molecule has 1 heterocycles. The van der Waals surface area contributed by atoms with Crippen molar-refractivity contribution in [3.05, 3.63) is 73.8 Å². The molecule has 1 saturated carbocycles. The molecule has 1 aliphatic heterocycles. The second-order valence-corrected chi connectivity index (χ2v) is 11.3. The van der Waals surface area contributed by atoms with Crippen molar-refractivity contribution in [2.75, 3.05) is 0 Å². The zero-order chi connectivity index (χ0) is 24.7. The SMILES string of the molecule is O=C(c1ccc([N+](=O)[O-])cc1)N(Cc1ccc(Cl)cc1Cl)N1C(=O)[C@@H]2C[C@@H](Br)[C@@H](Br)C[C@H]2C1=O. The minimum Gasteiger partial charge on any atom is -0.272 e. The largest absolute Gasteiger partial charge is 0.273 e. The molecule has 178 valence electrons. The number of hydrogen-bond donors (Lipinski definition) is 0. The highest BCUT2D eigenvalue weighted by Crippen LogP contribution is 2.44. The predicted molar refractivity (Wildman–Crippen MR) is 133 cm³/mol. The van der Waals surface area contributed by atoms with Crippen LogP contribution < -0.4 is 0 Å². The van der Waals surface area contributed by atoms with E-state index in [0.717, 1.165) is 10.0 Å². The van der Waals surface area contributed by atoms with Gasteiger partial charge in [-0.1, -0.05) is 61.1 Å². The van der Waals surface area contributed by atoms with Crippen LogP contribution in [0.1, 0.15) is 28.8 Å². The first-order chi connectivity index (χ1) is 16.1. The van der Waals surface area contributed by atoms with Crippen LogP contribution in [-0.4, -0.2) is 42.3 Å². The molecule has 0 radical (unpaired) electrons. The second-order valence-electron chi connectivity index (χ2n) is 8.11. The van der Waals surface area contributed by atoms with Crippen LogP contribution in [0.25, 0.3) is 0 Å². The third-order valence-corrected chi connectivity index (χ3v) is 9.34. The van der Waals surface area contributed by atoms with Crippen LogP contribution in [0.15, 0.2) is 42.5 Å². The number of carbonyl (C=O) groups is 3. The van der Waals surface area contributed by atoms with E-state index in [9.17, 15) is 24.5 Å². The van der Waals surface area contributed by atoms with Gasteiger partial charge in [-0.25, -0.2) is 5.01 Å². The van der Waals surface area contributed by atoms with E-state index in [1.807, 2.05) is 0 Å². The molecule has 2 fully saturated rings. The summed E-state index contributed by atoms with van der Waals surface area (Å²) in [5.74, 6) is -2.69. The van der Waals surface area contributed by atoms with E-state index in [-0.39, 0.29) is 32.5 Å². The van der Waals surface area contributed by atoms with Gasteiger partial charge in [0.25, 0.3) is 23.4 Å². The highest BCUT2D eigenvalue weighted by Gasteiger charge is 2.54. The van der Waals surface area contributed by atoms with Crippen LogP contribution in [0.3, 0.4) is 0 Å². The number of carbonyl (C=O) groups excluding carboxylic acids is 3. The summed E-state index contributed by atoms with van der Waals surface area (Å²) < 4.78 is 0. The molecule has 1 saturated heterocycles. The Morgan fingerprint density at radius 1 is 1.03 bits per heavy atom. The van der Waals surface area contributed by atoms with Crippen LogP contribution in [-0.2, 0) is 16.1 Å². The maximum atomic E-state index is 13.5. The quantitative estimate of drug-likeness (QED) is 0.190. The van der Waals surface area contributed by atoms with E-state index in [2.05, 4.69) is 31.9 Å². The molecule has 1 aliphatic carbocycles. The number of nitrogens with zero attached hydrogens (tertiary/aromatic N) is 3. The molecular formula is C22H17Br2Cl2N3O5. The first-order valence-electron chi connectivity index (χ1n) is 10.2. The fraction of sp³-hybridized carbons (Fsp3) is 0.318. The molecule has 2 aliphatic rings. The number of benzene rings is 2. The standard InChI is InChI=1S/C22H17Br2Cl2N3O5/c23-17-8-15-16(9-18(17)24)22(32)28(21(15)31)27(10-12-1-4-13(25)7-19(12)26)20(30)11-2-5-14(6-3-11)29(33)34/h1-7,15-18H,8-10H2/t15-,16-,17-,18+/m1/s1. The van der Waals surface area contributed by atoms with Crippen molar-refractivity contribution >= 4 is 78.5 Å². The van der Waals surface area contributed by atoms with Crippen LogP contribution >= 0.6 is 55.1 Å². The predicted octanol–water partition coefficient (Wildman–Crippen LogP) is 5.38. The number of imide groups is 1. The Balaban J connectivity index is 1.73. The average Bonchev–Trinajstić information content (AvgIpc) is 3.02. The van der Waals surface area contributed by atoms with Gasteiger partial charge >= 0.3 is 0 Å². The van der Waals surface area contributed by atoms with Crippen molar-refractivity contribution in [1.29, 1.82) is 0 Å². The van der Waals surface area contributed by atoms with Crippen LogP contribution in [0.2, 0.25) is 10.0 Å². The van der Waals surface area contributed by atoms with Gasteiger partial charge in [-0.05, 0) is 42.7 Å². The molecule has 4 atom stereocenters.